The quantitative estimate of drug-likeness (QED) is 0.568. The van der Waals surface area contributed by atoms with Gasteiger partial charge in [-0.25, -0.2) is 0 Å². The van der Waals surface area contributed by atoms with Crippen LogP contribution in [0, 0.1) is 11.3 Å². The van der Waals surface area contributed by atoms with Gasteiger partial charge in [0.1, 0.15) is 0 Å². The lowest BCUT2D eigenvalue weighted by atomic mass is 10.1. The van der Waals surface area contributed by atoms with E-state index in [0.29, 0.717) is 0 Å². The summed E-state index contributed by atoms with van der Waals surface area (Å²) in [6, 6.07) is 2.18. The van der Waals surface area contributed by atoms with Crippen molar-refractivity contribution in [2.45, 2.75) is 44.9 Å². The second kappa shape index (κ2) is 7.32. The molecule has 0 radical (unpaired) electrons. The third kappa shape index (κ3) is 4.81. The van der Waals surface area contributed by atoms with Gasteiger partial charge in [-0.05, 0) is 25.3 Å². The van der Waals surface area contributed by atoms with Gasteiger partial charge in [0.05, 0.1) is 12.6 Å². The normalized spacial score (nSPS) is 14.1. The molecule has 0 aromatic heterocycles. The predicted octanol–water partition coefficient (Wildman–Crippen LogP) is 3.25. The highest BCUT2D eigenvalue weighted by Gasteiger charge is 1.98. The van der Waals surface area contributed by atoms with Gasteiger partial charge < -0.3 is 0 Å². The number of nitrogens with zero attached hydrogens (tertiary/aromatic N) is 2. The molecule has 0 saturated heterocycles. The van der Waals surface area contributed by atoms with E-state index in [4.69, 9.17) is 5.26 Å². The summed E-state index contributed by atoms with van der Waals surface area (Å²) in [5, 5.41) is 8.34. The highest BCUT2D eigenvalue weighted by Crippen LogP contribution is 2.09. The third-order valence-corrected chi connectivity index (χ3v) is 2.43. The van der Waals surface area contributed by atoms with Crippen molar-refractivity contribution in [1.82, 2.24) is 0 Å². The monoisotopic (exact) mass is 190 g/mol. The highest BCUT2D eigenvalue weighted by molar-refractivity contribution is 5.96. The van der Waals surface area contributed by atoms with Crippen LogP contribution in [-0.2, 0) is 0 Å². The Kier molecular flexibility index (Phi) is 5.74. The molecule has 14 heavy (non-hydrogen) atoms. The van der Waals surface area contributed by atoms with E-state index in [0.717, 1.165) is 25.8 Å². The Morgan fingerprint density at radius 1 is 1.21 bits per heavy atom. The maximum Gasteiger partial charge on any atom is 0.0621 e. The zero-order valence-electron chi connectivity index (χ0n) is 8.71. The number of nitriles is 1. The molecule has 2 heteroatoms. The van der Waals surface area contributed by atoms with Crippen molar-refractivity contribution in [3.8, 4) is 6.07 Å². The van der Waals surface area contributed by atoms with Crippen molar-refractivity contribution in [2.75, 3.05) is 6.54 Å². The topological polar surface area (TPSA) is 36.1 Å². The Bertz CT molecular complexity index is 246. The molecule has 1 rings (SSSR count). The van der Waals surface area contributed by atoms with Gasteiger partial charge in [-0.3, -0.25) is 4.99 Å². The van der Waals surface area contributed by atoms with Crippen molar-refractivity contribution in [3.05, 3.63) is 12.2 Å². The summed E-state index contributed by atoms with van der Waals surface area (Å²) in [5.41, 5.74) is 1.27. The second-order valence-corrected chi connectivity index (χ2v) is 3.66. The molecular formula is C12H18N2. The molecule has 0 bridgehead atoms. The van der Waals surface area contributed by atoms with Crippen LogP contribution >= 0.6 is 0 Å². The minimum atomic E-state index is 0.718. The van der Waals surface area contributed by atoms with Crippen LogP contribution in [0.25, 0.3) is 0 Å². The summed E-state index contributed by atoms with van der Waals surface area (Å²) in [7, 11) is 0. The molecule has 0 spiro atoms. The van der Waals surface area contributed by atoms with Gasteiger partial charge in [0, 0.05) is 12.1 Å². The SMILES string of the molecule is N#CCCCCCCCC1=NCC=C1. The number of aliphatic imine (C=N–C) groups is 1. The zero-order valence-corrected chi connectivity index (χ0v) is 8.71. The highest BCUT2D eigenvalue weighted by atomic mass is 14.7. The first-order chi connectivity index (χ1) is 6.93. The van der Waals surface area contributed by atoms with Crippen LogP contribution in [0.4, 0.5) is 0 Å². The fourth-order valence-corrected chi connectivity index (χ4v) is 1.61. The first kappa shape index (κ1) is 11.0. The van der Waals surface area contributed by atoms with Gasteiger partial charge in [0.15, 0.2) is 0 Å². The molecule has 0 saturated carbocycles. The number of hydrogen-bond donors (Lipinski definition) is 0. The first-order valence-corrected chi connectivity index (χ1v) is 5.50. The average Bonchev–Trinajstić information content (AvgIpc) is 2.69. The van der Waals surface area contributed by atoms with Crippen LogP contribution in [0.15, 0.2) is 17.1 Å². The predicted molar refractivity (Wildman–Crippen MR) is 59.4 cm³/mol. The van der Waals surface area contributed by atoms with E-state index < -0.39 is 0 Å². The van der Waals surface area contributed by atoms with Gasteiger partial charge in [-0.15, -0.1) is 0 Å². The molecular weight excluding hydrogens is 172 g/mol. The molecule has 0 fully saturated rings. The molecule has 0 aliphatic carbocycles. The summed E-state index contributed by atoms with van der Waals surface area (Å²) >= 11 is 0. The number of allylic oxidation sites excluding steroid dienone is 1. The Labute approximate surface area is 86.3 Å². The first-order valence-electron chi connectivity index (χ1n) is 5.50. The Hall–Kier alpha value is -1.10. The lowest BCUT2D eigenvalue weighted by Crippen LogP contribution is -1.90. The van der Waals surface area contributed by atoms with Crippen molar-refractivity contribution < 1.29 is 0 Å². The molecule has 1 heterocycles. The summed E-state index contributed by atoms with van der Waals surface area (Å²) in [6.07, 6.45) is 12.2. The number of hydrogen-bond acceptors (Lipinski definition) is 2. The molecule has 0 unspecified atom stereocenters. The van der Waals surface area contributed by atoms with Crippen LogP contribution < -0.4 is 0 Å². The average molecular weight is 190 g/mol. The van der Waals surface area contributed by atoms with E-state index in [9.17, 15) is 0 Å². The summed E-state index contributed by atoms with van der Waals surface area (Å²) in [4.78, 5) is 4.35. The Morgan fingerprint density at radius 3 is 2.71 bits per heavy atom. The molecule has 76 valence electrons. The van der Waals surface area contributed by atoms with Crippen molar-refractivity contribution in [2.24, 2.45) is 4.99 Å². The van der Waals surface area contributed by atoms with Crippen LogP contribution in [0.5, 0.6) is 0 Å². The molecule has 1 aliphatic heterocycles. The lowest BCUT2D eigenvalue weighted by Gasteiger charge is -1.99. The zero-order chi connectivity index (χ0) is 10.1. The standard InChI is InChI=1S/C12H18N2/c13-10-6-4-2-1-3-5-8-12-9-7-11-14-12/h7,9H,1-6,8,11H2. The van der Waals surface area contributed by atoms with Crippen LogP contribution in [-0.4, -0.2) is 12.3 Å². The summed E-state index contributed by atoms with van der Waals surface area (Å²) in [5.74, 6) is 0. The number of unbranched alkanes of at least 4 members (excludes halogenated alkanes) is 5. The lowest BCUT2D eigenvalue weighted by molar-refractivity contribution is 0.629. The van der Waals surface area contributed by atoms with Crippen LogP contribution in [0.2, 0.25) is 0 Å². The van der Waals surface area contributed by atoms with E-state index in [-0.39, 0.29) is 0 Å². The van der Waals surface area contributed by atoms with E-state index in [1.165, 1.54) is 31.4 Å². The molecule has 1 aliphatic rings. The smallest absolute Gasteiger partial charge is 0.0621 e. The van der Waals surface area contributed by atoms with Crippen LogP contribution in [0.1, 0.15) is 44.9 Å². The van der Waals surface area contributed by atoms with Crippen molar-refractivity contribution >= 4 is 5.71 Å². The molecule has 0 atom stereocenters. The number of rotatable bonds is 7. The molecule has 0 aromatic carbocycles. The van der Waals surface area contributed by atoms with Gasteiger partial charge in [-0.1, -0.05) is 25.3 Å². The second-order valence-electron chi connectivity index (χ2n) is 3.66. The van der Waals surface area contributed by atoms with Gasteiger partial charge in [0.2, 0.25) is 0 Å². The minimum absolute atomic E-state index is 0.718. The minimum Gasteiger partial charge on any atom is -0.286 e. The van der Waals surface area contributed by atoms with Crippen molar-refractivity contribution in [1.29, 1.82) is 5.26 Å². The fraction of sp³-hybridized carbons (Fsp3) is 0.667. The maximum atomic E-state index is 8.34. The van der Waals surface area contributed by atoms with Crippen molar-refractivity contribution in [3.63, 3.8) is 0 Å². The fourth-order valence-electron chi connectivity index (χ4n) is 1.61. The Balaban J connectivity index is 1.85. The summed E-state index contributed by atoms with van der Waals surface area (Å²) in [6.45, 7) is 0.886. The van der Waals surface area contributed by atoms with E-state index in [1.807, 2.05) is 0 Å². The van der Waals surface area contributed by atoms with Gasteiger partial charge >= 0.3 is 0 Å². The molecule has 0 N–H and O–H groups in total. The largest absolute Gasteiger partial charge is 0.286 e. The van der Waals surface area contributed by atoms with Gasteiger partial charge in [-0.2, -0.15) is 5.26 Å². The van der Waals surface area contributed by atoms with Gasteiger partial charge in [0.25, 0.3) is 0 Å². The van der Waals surface area contributed by atoms with E-state index >= 15 is 0 Å². The Morgan fingerprint density at radius 2 is 2.00 bits per heavy atom. The molecule has 0 aromatic rings. The van der Waals surface area contributed by atoms with E-state index in [1.54, 1.807) is 0 Å². The maximum absolute atomic E-state index is 8.34. The summed E-state index contributed by atoms with van der Waals surface area (Å²) < 4.78 is 0. The van der Waals surface area contributed by atoms with E-state index in [2.05, 4.69) is 23.2 Å². The molecule has 0 amide bonds. The third-order valence-electron chi connectivity index (χ3n) is 2.43. The molecule has 2 nitrogen and oxygen atoms in total. The van der Waals surface area contributed by atoms with Crippen LogP contribution in [0.3, 0.4) is 0 Å².